The summed E-state index contributed by atoms with van der Waals surface area (Å²) in [4.78, 5) is 14.5. The standard InChI is InChI=1S/C16H33N3O/c1-13(2)9-15(11-17)10-16(20)18-14(3)12-19-7-5-4-6-8-19/h13-15H,4-12,17H2,1-3H3,(H,18,20). The Bertz CT molecular complexity index is 275. The van der Waals surface area contributed by atoms with E-state index < -0.39 is 0 Å². The van der Waals surface area contributed by atoms with E-state index in [2.05, 4.69) is 31.0 Å². The number of rotatable bonds is 8. The number of piperidine rings is 1. The molecule has 0 spiro atoms. The van der Waals surface area contributed by atoms with Crippen molar-refractivity contribution >= 4 is 5.91 Å². The maximum Gasteiger partial charge on any atom is 0.220 e. The van der Waals surface area contributed by atoms with Crippen molar-refractivity contribution in [2.24, 2.45) is 17.6 Å². The number of nitrogens with two attached hydrogens (primary N) is 1. The molecule has 1 saturated heterocycles. The van der Waals surface area contributed by atoms with E-state index in [9.17, 15) is 4.79 Å². The molecule has 1 aliphatic heterocycles. The van der Waals surface area contributed by atoms with E-state index in [0.717, 1.165) is 13.0 Å². The second-order valence-electron chi connectivity index (χ2n) is 6.77. The number of amides is 1. The average molecular weight is 283 g/mol. The van der Waals surface area contributed by atoms with Gasteiger partial charge in [-0.25, -0.2) is 0 Å². The molecule has 0 radical (unpaired) electrons. The van der Waals surface area contributed by atoms with E-state index in [1.165, 1.54) is 32.4 Å². The van der Waals surface area contributed by atoms with Gasteiger partial charge < -0.3 is 16.0 Å². The van der Waals surface area contributed by atoms with Crippen molar-refractivity contribution in [3.63, 3.8) is 0 Å². The van der Waals surface area contributed by atoms with Crippen LogP contribution in [0.1, 0.15) is 52.9 Å². The highest BCUT2D eigenvalue weighted by Crippen LogP contribution is 2.14. The normalized spacial score (nSPS) is 19.9. The molecule has 20 heavy (non-hydrogen) atoms. The molecule has 1 fully saturated rings. The van der Waals surface area contributed by atoms with E-state index in [1.54, 1.807) is 0 Å². The highest BCUT2D eigenvalue weighted by molar-refractivity contribution is 5.76. The van der Waals surface area contributed by atoms with Crippen molar-refractivity contribution in [1.29, 1.82) is 0 Å². The molecule has 1 amide bonds. The average Bonchev–Trinajstić information content (AvgIpc) is 2.38. The number of nitrogens with one attached hydrogen (secondary N) is 1. The third-order valence-corrected chi connectivity index (χ3v) is 4.00. The molecule has 0 aliphatic carbocycles. The van der Waals surface area contributed by atoms with E-state index in [1.807, 2.05) is 0 Å². The lowest BCUT2D eigenvalue weighted by atomic mass is 9.94. The lowest BCUT2D eigenvalue weighted by Gasteiger charge is -2.29. The topological polar surface area (TPSA) is 58.4 Å². The molecule has 0 aromatic heterocycles. The largest absolute Gasteiger partial charge is 0.352 e. The zero-order chi connectivity index (χ0) is 15.0. The summed E-state index contributed by atoms with van der Waals surface area (Å²) >= 11 is 0. The van der Waals surface area contributed by atoms with Crippen LogP contribution in [0, 0.1) is 11.8 Å². The minimum atomic E-state index is 0.158. The molecular formula is C16H33N3O. The number of carbonyl (C=O) groups excluding carboxylic acids is 1. The highest BCUT2D eigenvalue weighted by atomic mass is 16.1. The number of hydrogen-bond donors (Lipinski definition) is 2. The third kappa shape index (κ3) is 7.25. The Morgan fingerprint density at radius 2 is 1.85 bits per heavy atom. The number of nitrogens with zero attached hydrogens (tertiary/aromatic N) is 1. The first kappa shape index (κ1) is 17.4. The molecule has 4 heteroatoms. The Balaban J connectivity index is 2.25. The molecule has 1 rings (SSSR count). The Kier molecular flexibility index (Phi) is 8.15. The molecule has 4 nitrogen and oxygen atoms in total. The third-order valence-electron chi connectivity index (χ3n) is 4.00. The molecule has 2 atom stereocenters. The maximum absolute atomic E-state index is 12.1. The fourth-order valence-electron chi connectivity index (χ4n) is 3.10. The fraction of sp³-hybridized carbons (Fsp3) is 0.938. The SMILES string of the molecule is CC(C)CC(CN)CC(=O)NC(C)CN1CCCCC1. The van der Waals surface area contributed by atoms with Crippen molar-refractivity contribution < 1.29 is 4.79 Å². The van der Waals surface area contributed by atoms with Gasteiger partial charge >= 0.3 is 0 Å². The quantitative estimate of drug-likeness (QED) is 0.716. The lowest BCUT2D eigenvalue weighted by Crippen LogP contribution is -2.44. The van der Waals surface area contributed by atoms with Crippen LogP contribution in [-0.2, 0) is 4.79 Å². The van der Waals surface area contributed by atoms with Crippen molar-refractivity contribution in [2.45, 2.75) is 58.9 Å². The van der Waals surface area contributed by atoms with Crippen LogP contribution in [-0.4, -0.2) is 43.0 Å². The smallest absolute Gasteiger partial charge is 0.220 e. The molecule has 1 heterocycles. The maximum atomic E-state index is 12.1. The zero-order valence-corrected chi connectivity index (χ0v) is 13.5. The molecule has 0 aromatic rings. The first-order valence-electron chi connectivity index (χ1n) is 8.23. The van der Waals surface area contributed by atoms with Crippen LogP contribution in [0.4, 0.5) is 0 Å². The van der Waals surface area contributed by atoms with Crippen LogP contribution in [0.25, 0.3) is 0 Å². The predicted molar refractivity (Wildman–Crippen MR) is 84.5 cm³/mol. The van der Waals surface area contributed by atoms with Gasteiger partial charge in [-0.1, -0.05) is 20.3 Å². The Morgan fingerprint density at radius 3 is 2.40 bits per heavy atom. The van der Waals surface area contributed by atoms with Crippen LogP contribution in [0.5, 0.6) is 0 Å². The van der Waals surface area contributed by atoms with Gasteiger partial charge in [0.05, 0.1) is 0 Å². The second kappa shape index (κ2) is 9.35. The minimum absolute atomic E-state index is 0.158. The molecule has 2 unspecified atom stereocenters. The summed E-state index contributed by atoms with van der Waals surface area (Å²) in [5.74, 6) is 1.07. The summed E-state index contributed by atoms with van der Waals surface area (Å²) in [6.07, 6.45) is 5.54. The second-order valence-corrected chi connectivity index (χ2v) is 6.77. The molecule has 0 bridgehead atoms. The van der Waals surface area contributed by atoms with Crippen molar-refractivity contribution in [3.8, 4) is 0 Å². The Hall–Kier alpha value is -0.610. The van der Waals surface area contributed by atoms with E-state index in [0.29, 0.717) is 24.8 Å². The molecule has 1 aliphatic rings. The Labute approximate surface area is 124 Å². The summed E-state index contributed by atoms with van der Waals surface area (Å²) < 4.78 is 0. The van der Waals surface area contributed by atoms with Gasteiger partial charge in [-0.05, 0) is 57.7 Å². The summed E-state index contributed by atoms with van der Waals surface area (Å²) in [6, 6.07) is 0.234. The summed E-state index contributed by atoms with van der Waals surface area (Å²) in [7, 11) is 0. The van der Waals surface area contributed by atoms with Gasteiger partial charge in [-0.3, -0.25) is 4.79 Å². The number of hydrogen-bond acceptors (Lipinski definition) is 3. The molecule has 0 aromatic carbocycles. The van der Waals surface area contributed by atoms with E-state index in [4.69, 9.17) is 5.73 Å². The molecule has 3 N–H and O–H groups in total. The van der Waals surface area contributed by atoms with E-state index in [-0.39, 0.29) is 11.9 Å². The van der Waals surface area contributed by atoms with Gasteiger partial charge in [-0.2, -0.15) is 0 Å². The first-order chi connectivity index (χ1) is 9.51. The highest BCUT2D eigenvalue weighted by Gasteiger charge is 2.17. The van der Waals surface area contributed by atoms with Crippen LogP contribution < -0.4 is 11.1 Å². The molecule has 0 saturated carbocycles. The van der Waals surface area contributed by atoms with Crippen LogP contribution in [0.15, 0.2) is 0 Å². The lowest BCUT2D eigenvalue weighted by molar-refractivity contribution is -0.122. The summed E-state index contributed by atoms with van der Waals surface area (Å²) in [5.41, 5.74) is 5.76. The van der Waals surface area contributed by atoms with Crippen LogP contribution in [0.3, 0.4) is 0 Å². The van der Waals surface area contributed by atoms with Gasteiger partial charge in [0.1, 0.15) is 0 Å². The molecule has 118 valence electrons. The zero-order valence-electron chi connectivity index (χ0n) is 13.5. The van der Waals surface area contributed by atoms with Crippen molar-refractivity contribution in [2.75, 3.05) is 26.2 Å². The van der Waals surface area contributed by atoms with Gasteiger partial charge in [0, 0.05) is 19.0 Å². The van der Waals surface area contributed by atoms with Gasteiger partial charge in [0.2, 0.25) is 5.91 Å². The van der Waals surface area contributed by atoms with Gasteiger partial charge in [0.15, 0.2) is 0 Å². The van der Waals surface area contributed by atoms with Gasteiger partial charge in [-0.15, -0.1) is 0 Å². The summed E-state index contributed by atoms with van der Waals surface area (Å²) in [6.45, 7) is 10.4. The van der Waals surface area contributed by atoms with Gasteiger partial charge in [0.25, 0.3) is 0 Å². The first-order valence-corrected chi connectivity index (χ1v) is 8.23. The van der Waals surface area contributed by atoms with Crippen molar-refractivity contribution in [3.05, 3.63) is 0 Å². The van der Waals surface area contributed by atoms with E-state index >= 15 is 0 Å². The minimum Gasteiger partial charge on any atom is -0.352 e. The Morgan fingerprint density at radius 1 is 1.20 bits per heavy atom. The predicted octanol–water partition coefficient (Wildman–Crippen LogP) is 1.99. The van der Waals surface area contributed by atoms with Crippen molar-refractivity contribution in [1.82, 2.24) is 10.2 Å². The monoisotopic (exact) mass is 283 g/mol. The summed E-state index contributed by atoms with van der Waals surface area (Å²) in [5, 5.41) is 3.13. The fourth-order valence-corrected chi connectivity index (χ4v) is 3.10. The number of carbonyl (C=O) groups is 1. The van der Waals surface area contributed by atoms with Crippen LogP contribution in [0.2, 0.25) is 0 Å². The van der Waals surface area contributed by atoms with Crippen LogP contribution >= 0.6 is 0 Å². The molecular weight excluding hydrogens is 250 g/mol. The number of likely N-dealkylation sites (tertiary alicyclic amines) is 1.